The lowest BCUT2D eigenvalue weighted by Gasteiger charge is -2.16. The van der Waals surface area contributed by atoms with Crippen LogP contribution in [0.5, 0.6) is 0 Å². The average Bonchev–Trinajstić information content (AvgIpc) is 3.19. The standard InChI is InChI=1S/C19H32N4O3S/c1-2-11-20-16(24)9-4-3-7-12-21-17(25)10-6-5-8-15-18-14(13-27-15)22-19(26)23-18/h2,14-15,18H,1,3-13H2,(H,20,24)(H,21,25)(H2,22,23,26). The monoisotopic (exact) mass is 396 g/mol. The molecule has 0 spiro atoms. The summed E-state index contributed by atoms with van der Waals surface area (Å²) >= 11 is 1.91. The van der Waals surface area contributed by atoms with E-state index < -0.39 is 0 Å². The van der Waals surface area contributed by atoms with Crippen LogP contribution in [0.3, 0.4) is 0 Å². The zero-order chi connectivity index (χ0) is 19.5. The van der Waals surface area contributed by atoms with E-state index in [2.05, 4.69) is 27.8 Å². The fraction of sp³-hybridized carbons (Fsp3) is 0.737. The number of urea groups is 1. The second kappa shape index (κ2) is 11.9. The predicted molar refractivity (Wildman–Crippen MR) is 109 cm³/mol. The van der Waals surface area contributed by atoms with Crippen LogP contribution in [0.15, 0.2) is 12.7 Å². The van der Waals surface area contributed by atoms with E-state index in [-0.39, 0.29) is 29.9 Å². The third kappa shape index (κ3) is 7.82. The van der Waals surface area contributed by atoms with Crippen LogP contribution in [0, 0.1) is 0 Å². The van der Waals surface area contributed by atoms with Crippen LogP contribution in [0.2, 0.25) is 0 Å². The Morgan fingerprint density at radius 3 is 2.59 bits per heavy atom. The van der Waals surface area contributed by atoms with Crippen LogP contribution in [0.4, 0.5) is 4.79 Å². The van der Waals surface area contributed by atoms with E-state index in [4.69, 9.17) is 0 Å². The summed E-state index contributed by atoms with van der Waals surface area (Å²) in [5, 5.41) is 12.1. The number of hydrogen-bond acceptors (Lipinski definition) is 4. The molecule has 4 amide bonds. The van der Waals surface area contributed by atoms with Crippen molar-refractivity contribution in [2.75, 3.05) is 18.8 Å². The smallest absolute Gasteiger partial charge is 0.315 e. The van der Waals surface area contributed by atoms with Crippen molar-refractivity contribution in [2.45, 2.75) is 68.7 Å². The number of amides is 4. The molecular formula is C19H32N4O3S. The Hall–Kier alpha value is -1.70. The molecule has 2 aliphatic heterocycles. The van der Waals surface area contributed by atoms with Gasteiger partial charge in [-0.3, -0.25) is 9.59 Å². The Morgan fingerprint density at radius 1 is 1.07 bits per heavy atom. The zero-order valence-corrected chi connectivity index (χ0v) is 16.7. The second-order valence-corrected chi connectivity index (χ2v) is 8.39. The van der Waals surface area contributed by atoms with Crippen molar-refractivity contribution in [1.29, 1.82) is 0 Å². The van der Waals surface area contributed by atoms with Crippen LogP contribution < -0.4 is 21.3 Å². The molecule has 27 heavy (non-hydrogen) atoms. The summed E-state index contributed by atoms with van der Waals surface area (Å²) in [7, 11) is 0. The minimum atomic E-state index is -0.0490. The highest BCUT2D eigenvalue weighted by atomic mass is 32.2. The number of nitrogens with one attached hydrogen (secondary N) is 4. The van der Waals surface area contributed by atoms with Crippen molar-refractivity contribution < 1.29 is 14.4 Å². The molecule has 152 valence electrons. The van der Waals surface area contributed by atoms with Gasteiger partial charge < -0.3 is 21.3 Å². The van der Waals surface area contributed by atoms with Gasteiger partial charge in [0.2, 0.25) is 11.8 Å². The van der Waals surface area contributed by atoms with Gasteiger partial charge in [-0.25, -0.2) is 4.79 Å². The van der Waals surface area contributed by atoms with Crippen molar-refractivity contribution >= 4 is 29.6 Å². The van der Waals surface area contributed by atoms with Crippen LogP contribution in [0.1, 0.15) is 51.4 Å². The lowest BCUT2D eigenvalue weighted by Crippen LogP contribution is -2.36. The maximum Gasteiger partial charge on any atom is 0.315 e. The lowest BCUT2D eigenvalue weighted by atomic mass is 10.0. The summed E-state index contributed by atoms with van der Waals surface area (Å²) in [5.74, 6) is 1.13. The van der Waals surface area contributed by atoms with E-state index in [1.807, 2.05) is 11.8 Å². The summed E-state index contributed by atoms with van der Waals surface area (Å²) in [6, 6.07) is 0.464. The number of hydrogen-bond donors (Lipinski definition) is 4. The predicted octanol–water partition coefficient (Wildman–Crippen LogP) is 1.69. The molecule has 2 heterocycles. The molecule has 2 fully saturated rings. The first-order valence-corrected chi connectivity index (χ1v) is 11.0. The van der Waals surface area contributed by atoms with Gasteiger partial charge in [-0.05, 0) is 25.7 Å². The summed E-state index contributed by atoms with van der Waals surface area (Å²) < 4.78 is 0. The fourth-order valence-electron chi connectivity index (χ4n) is 3.45. The van der Waals surface area contributed by atoms with Crippen LogP contribution >= 0.6 is 11.8 Å². The normalized spacial score (nSPS) is 23.3. The van der Waals surface area contributed by atoms with Crippen molar-refractivity contribution in [1.82, 2.24) is 21.3 Å². The first-order chi connectivity index (χ1) is 13.1. The highest BCUT2D eigenvalue weighted by Gasteiger charge is 2.42. The first kappa shape index (κ1) is 21.6. The molecule has 0 radical (unpaired) electrons. The Morgan fingerprint density at radius 2 is 1.81 bits per heavy atom. The molecule has 0 aromatic carbocycles. The van der Waals surface area contributed by atoms with Gasteiger partial charge in [0.1, 0.15) is 0 Å². The van der Waals surface area contributed by atoms with Crippen molar-refractivity contribution in [3.8, 4) is 0 Å². The van der Waals surface area contributed by atoms with E-state index in [1.165, 1.54) is 0 Å². The molecule has 7 nitrogen and oxygen atoms in total. The number of carbonyl (C=O) groups excluding carboxylic acids is 3. The summed E-state index contributed by atoms with van der Waals surface area (Å²) in [5.41, 5.74) is 0. The van der Waals surface area contributed by atoms with Gasteiger partial charge in [0.15, 0.2) is 0 Å². The number of fused-ring (bicyclic) bond motifs is 1. The number of rotatable bonds is 13. The fourth-order valence-corrected chi connectivity index (χ4v) is 5.00. The molecule has 0 bridgehead atoms. The van der Waals surface area contributed by atoms with Gasteiger partial charge in [-0.15, -0.1) is 6.58 Å². The zero-order valence-electron chi connectivity index (χ0n) is 15.9. The van der Waals surface area contributed by atoms with E-state index >= 15 is 0 Å². The minimum Gasteiger partial charge on any atom is -0.356 e. The molecule has 0 aromatic rings. The molecule has 0 aliphatic carbocycles. The Bertz CT molecular complexity index is 529. The molecule has 4 N–H and O–H groups in total. The van der Waals surface area contributed by atoms with E-state index in [9.17, 15) is 14.4 Å². The van der Waals surface area contributed by atoms with Crippen LogP contribution in [-0.2, 0) is 9.59 Å². The number of unbranched alkanes of at least 4 members (excludes halogenated alkanes) is 3. The third-order valence-corrected chi connectivity index (χ3v) is 6.44. The molecule has 2 saturated heterocycles. The second-order valence-electron chi connectivity index (χ2n) is 7.12. The molecule has 8 heteroatoms. The van der Waals surface area contributed by atoms with Crippen molar-refractivity contribution in [3.05, 3.63) is 12.7 Å². The minimum absolute atomic E-state index is 0.0490. The Kier molecular flexibility index (Phi) is 9.52. The average molecular weight is 397 g/mol. The molecule has 2 rings (SSSR count). The summed E-state index contributed by atoms with van der Waals surface area (Å²) in [6.45, 7) is 4.75. The molecule has 3 atom stereocenters. The summed E-state index contributed by atoms with van der Waals surface area (Å²) in [4.78, 5) is 34.6. The van der Waals surface area contributed by atoms with E-state index in [1.54, 1.807) is 6.08 Å². The number of thioether (sulfide) groups is 1. The quantitative estimate of drug-likeness (QED) is 0.216. The van der Waals surface area contributed by atoms with E-state index in [0.29, 0.717) is 31.2 Å². The van der Waals surface area contributed by atoms with Crippen molar-refractivity contribution in [2.24, 2.45) is 0 Å². The molecule has 0 aromatic heterocycles. The maximum absolute atomic E-state index is 11.9. The lowest BCUT2D eigenvalue weighted by molar-refractivity contribution is -0.122. The van der Waals surface area contributed by atoms with E-state index in [0.717, 1.165) is 44.3 Å². The highest BCUT2D eigenvalue weighted by molar-refractivity contribution is 8.00. The molecular weight excluding hydrogens is 364 g/mol. The first-order valence-electron chi connectivity index (χ1n) is 9.93. The summed E-state index contributed by atoms with van der Waals surface area (Å²) in [6.07, 6.45) is 8.34. The van der Waals surface area contributed by atoms with Gasteiger partial charge in [0.25, 0.3) is 0 Å². The van der Waals surface area contributed by atoms with Gasteiger partial charge >= 0.3 is 6.03 Å². The molecule has 0 saturated carbocycles. The van der Waals surface area contributed by atoms with Gasteiger partial charge in [0.05, 0.1) is 12.1 Å². The van der Waals surface area contributed by atoms with Gasteiger partial charge in [0, 0.05) is 36.9 Å². The van der Waals surface area contributed by atoms with Gasteiger partial charge in [-0.1, -0.05) is 18.9 Å². The third-order valence-electron chi connectivity index (χ3n) is 4.93. The Labute approximate surface area is 165 Å². The highest BCUT2D eigenvalue weighted by Crippen LogP contribution is 2.33. The van der Waals surface area contributed by atoms with Gasteiger partial charge in [-0.2, -0.15) is 11.8 Å². The van der Waals surface area contributed by atoms with Crippen LogP contribution in [-0.4, -0.2) is 54.0 Å². The van der Waals surface area contributed by atoms with Crippen LogP contribution in [0.25, 0.3) is 0 Å². The maximum atomic E-state index is 11.9. The SMILES string of the molecule is C=CCNC(=O)CCCCCNC(=O)CCCCC1SCC2NC(=O)NC21. The Balaban J connectivity index is 1.41. The topological polar surface area (TPSA) is 99.3 Å². The molecule has 3 unspecified atom stereocenters. The largest absolute Gasteiger partial charge is 0.356 e. The number of carbonyl (C=O) groups is 3. The molecule has 2 aliphatic rings. The van der Waals surface area contributed by atoms with Crippen molar-refractivity contribution in [3.63, 3.8) is 0 Å².